The van der Waals surface area contributed by atoms with Crippen molar-refractivity contribution in [2.45, 2.75) is 37.6 Å². The van der Waals surface area contributed by atoms with Gasteiger partial charge < -0.3 is 9.47 Å². The quantitative estimate of drug-likeness (QED) is 0.764. The number of sulfonamides is 1. The van der Waals surface area contributed by atoms with Crippen LogP contribution in [0, 0.1) is 5.92 Å². The second kappa shape index (κ2) is 7.76. The number of amides is 1. The van der Waals surface area contributed by atoms with Gasteiger partial charge in [0.2, 0.25) is 15.9 Å². The molecule has 1 fully saturated rings. The predicted octanol–water partition coefficient (Wildman–Crippen LogP) is 1.86. The molecule has 0 atom stereocenters. The zero-order valence-electron chi connectivity index (χ0n) is 16.5. The molecule has 29 heavy (non-hydrogen) atoms. The van der Waals surface area contributed by atoms with Gasteiger partial charge in [0.15, 0.2) is 0 Å². The highest BCUT2D eigenvalue weighted by molar-refractivity contribution is 7.89. The lowest BCUT2D eigenvalue weighted by Gasteiger charge is -2.29. The van der Waals surface area contributed by atoms with Crippen LogP contribution in [-0.4, -0.2) is 42.8 Å². The average Bonchev–Trinajstić information content (AvgIpc) is 3.14. The van der Waals surface area contributed by atoms with Crippen LogP contribution in [0.4, 0.5) is 5.69 Å². The van der Waals surface area contributed by atoms with Gasteiger partial charge in [-0.1, -0.05) is 25.1 Å². The summed E-state index contributed by atoms with van der Waals surface area (Å²) >= 11 is 0. The van der Waals surface area contributed by atoms with E-state index in [2.05, 4.69) is 6.92 Å². The Labute approximate surface area is 170 Å². The van der Waals surface area contributed by atoms with Crippen LogP contribution >= 0.6 is 0 Å². The average molecular weight is 416 g/mol. The number of aromatic nitrogens is 1. The zero-order valence-corrected chi connectivity index (χ0v) is 17.3. The first-order chi connectivity index (χ1) is 13.9. The summed E-state index contributed by atoms with van der Waals surface area (Å²) in [5, 5.41) is 0. The summed E-state index contributed by atoms with van der Waals surface area (Å²) in [5.74, 6) is 0.258. The van der Waals surface area contributed by atoms with Crippen LogP contribution in [0.5, 0.6) is 0 Å². The van der Waals surface area contributed by atoms with E-state index < -0.39 is 15.6 Å². The molecule has 0 saturated carbocycles. The van der Waals surface area contributed by atoms with Gasteiger partial charge in [0, 0.05) is 31.5 Å². The molecule has 0 spiro atoms. The van der Waals surface area contributed by atoms with E-state index in [-0.39, 0.29) is 17.3 Å². The van der Waals surface area contributed by atoms with Crippen LogP contribution in [-0.2, 0) is 27.8 Å². The summed E-state index contributed by atoms with van der Waals surface area (Å²) in [6, 6.07) is 10.5. The van der Waals surface area contributed by atoms with E-state index in [1.165, 1.54) is 27.2 Å². The fourth-order valence-corrected chi connectivity index (χ4v) is 5.59. The fourth-order valence-electron chi connectivity index (χ4n) is 4.03. The molecular formula is C21H25N3O4S. The number of anilines is 1. The molecule has 4 rings (SSSR count). The zero-order chi connectivity index (χ0) is 20.6. The van der Waals surface area contributed by atoms with Crippen LogP contribution in [0.2, 0.25) is 0 Å². The molecule has 1 aromatic heterocycles. The molecule has 3 heterocycles. The van der Waals surface area contributed by atoms with Gasteiger partial charge in [0.05, 0.1) is 0 Å². The lowest BCUT2D eigenvalue weighted by molar-refractivity contribution is -0.119. The van der Waals surface area contributed by atoms with Crippen molar-refractivity contribution in [3.63, 3.8) is 0 Å². The highest BCUT2D eigenvalue weighted by Crippen LogP contribution is 2.27. The number of rotatable bonds is 4. The number of pyridine rings is 1. The maximum absolute atomic E-state index is 13.0. The minimum absolute atomic E-state index is 0.187. The molecule has 2 aliphatic rings. The molecule has 154 valence electrons. The molecule has 2 aromatic rings. The van der Waals surface area contributed by atoms with Crippen LogP contribution < -0.4 is 10.5 Å². The van der Waals surface area contributed by atoms with Crippen molar-refractivity contribution < 1.29 is 13.2 Å². The fraction of sp³-hybridized carbons (Fsp3) is 0.429. The summed E-state index contributed by atoms with van der Waals surface area (Å²) in [5.41, 5.74) is 1.31. The Morgan fingerprint density at radius 2 is 1.79 bits per heavy atom. The first kappa shape index (κ1) is 19.8. The maximum atomic E-state index is 13.0. The van der Waals surface area contributed by atoms with E-state index in [0.29, 0.717) is 25.6 Å². The Morgan fingerprint density at radius 3 is 2.55 bits per heavy atom. The molecule has 1 aromatic carbocycles. The van der Waals surface area contributed by atoms with Crippen molar-refractivity contribution in [1.29, 1.82) is 0 Å². The summed E-state index contributed by atoms with van der Waals surface area (Å²) in [6.45, 7) is 3.31. The third kappa shape index (κ3) is 3.74. The number of carbonyl (C=O) groups excluding carboxylic acids is 1. The van der Waals surface area contributed by atoms with E-state index in [4.69, 9.17) is 0 Å². The van der Waals surface area contributed by atoms with E-state index in [0.717, 1.165) is 30.5 Å². The second-order valence-electron chi connectivity index (χ2n) is 7.82. The Hall–Kier alpha value is -2.45. The van der Waals surface area contributed by atoms with Crippen molar-refractivity contribution in [2.24, 2.45) is 5.92 Å². The number of hydrogen-bond donors (Lipinski definition) is 0. The third-order valence-electron chi connectivity index (χ3n) is 5.84. The van der Waals surface area contributed by atoms with Crippen molar-refractivity contribution in [1.82, 2.24) is 8.87 Å². The molecule has 2 aliphatic heterocycles. The second-order valence-corrected chi connectivity index (χ2v) is 9.72. The molecule has 1 amide bonds. The van der Waals surface area contributed by atoms with Gasteiger partial charge in [0.25, 0.3) is 5.56 Å². The number of para-hydroxylation sites is 1. The molecule has 0 bridgehead atoms. The number of piperidine rings is 1. The minimum atomic E-state index is -3.87. The number of hydrogen-bond acceptors (Lipinski definition) is 4. The number of fused-ring (bicyclic) bond motifs is 1. The first-order valence-corrected chi connectivity index (χ1v) is 11.4. The number of benzene rings is 1. The molecule has 0 radical (unpaired) electrons. The summed E-state index contributed by atoms with van der Waals surface area (Å²) in [7, 11) is -3.87. The molecule has 1 saturated heterocycles. The summed E-state index contributed by atoms with van der Waals surface area (Å²) < 4.78 is 28.6. The lowest BCUT2D eigenvalue weighted by Crippen LogP contribution is -2.41. The van der Waals surface area contributed by atoms with Crippen molar-refractivity contribution in [3.05, 3.63) is 58.5 Å². The topological polar surface area (TPSA) is 79.7 Å². The van der Waals surface area contributed by atoms with Crippen molar-refractivity contribution >= 4 is 21.6 Å². The largest absolute Gasteiger partial charge is 0.310 e. The normalized spacial score (nSPS) is 18.0. The lowest BCUT2D eigenvalue weighted by atomic mass is 10.0. The van der Waals surface area contributed by atoms with Gasteiger partial charge in [-0.3, -0.25) is 9.59 Å². The molecular weight excluding hydrogens is 390 g/mol. The van der Waals surface area contributed by atoms with Gasteiger partial charge in [-0.25, -0.2) is 8.42 Å². The Morgan fingerprint density at radius 1 is 1.07 bits per heavy atom. The van der Waals surface area contributed by atoms with Crippen molar-refractivity contribution in [2.75, 3.05) is 24.5 Å². The van der Waals surface area contributed by atoms with E-state index in [1.807, 2.05) is 24.3 Å². The van der Waals surface area contributed by atoms with Gasteiger partial charge in [0.1, 0.15) is 11.4 Å². The van der Waals surface area contributed by atoms with Crippen molar-refractivity contribution in [3.8, 4) is 0 Å². The van der Waals surface area contributed by atoms with Gasteiger partial charge in [-0.05, 0) is 48.9 Å². The van der Waals surface area contributed by atoms with Crippen LogP contribution in [0.25, 0.3) is 0 Å². The van der Waals surface area contributed by atoms with E-state index in [1.54, 1.807) is 4.90 Å². The molecule has 0 aliphatic carbocycles. The van der Waals surface area contributed by atoms with Gasteiger partial charge in [-0.15, -0.1) is 0 Å². The standard InChI is InChI=1S/C21H25N3O4S/c1-16-8-12-23(13-9-16)29(27,28)19-7-4-11-22(21(19)26)15-20(25)24-14-10-17-5-2-3-6-18(17)24/h2-7,11,16H,8-10,12-15H2,1H3. The van der Waals surface area contributed by atoms with E-state index in [9.17, 15) is 18.0 Å². The van der Waals surface area contributed by atoms with Crippen LogP contribution in [0.3, 0.4) is 0 Å². The summed E-state index contributed by atoms with van der Waals surface area (Å²) in [6.07, 6.45) is 3.82. The predicted molar refractivity (Wildman–Crippen MR) is 110 cm³/mol. The monoisotopic (exact) mass is 415 g/mol. The smallest absolute Gasteiger partial charge is 0.271 e. The third-order valence-corrected chi connectivity index (χ3v) is 7.75. The van der Waals surface area contributed by atoms with Gasteiger partial charge in [-0.2, -0.15) is 4.31 Å². The maximum Gasteiger partial charge on any atom is 0.271 e. The first-order valence-electron chi connectivity index (χ1n) is 9.96. The van der Waals surface area contributed by atoms with E-state index >= 15 is 0 Å². The Balaban J connectivity index is 1.58. The molecule has 0 N–H and O–H groups in total. The van der Waals surface area contributed by atoms with Crippen LogP contribution in [0.15, 0.2) is 52.3 Å². The van der Waals surface area contributed by atoms with Crippen LogP contribution in [0.1, 0.15) is 25.3 Å². The molecule has 7 nitrogen and oxygen atoms in total. The Bertz CT molecular complexity index is 1090. The highest BCUT2D eigenvalue weighted by atomic mass is 32.2. The Kier molecular flexibility index (Phi) is 5.31. The summed E-state index contributed by atoms with van der Waals surface area (Å²) in [4.78, 5) is 27.1. The number of carbonyl (C=O) groups is 1. The van der Waals surface area contributed by atoms with Gasteiger partial charge >= 0.3 is 0 Å². The SMILES string of the molecule is CC1CCN(S(=O)(=O)c2cccn(CC(=O)N3CCc4ccccc43)c2=O)CC1. The highest BCUT2D eigenvalue weighted by Gasteiger charge is 2.31. The number of nitrogens with zero attached hydrogens (tertiary/aromatic N) is 3. The minimum Gasteiger partial charge on any atom is -0.310 e. The molecule has 8 heteroatoms. The molecule has 0 unspecified atom stereocenters.